The number of hydrogen-bond acceptors (Lipinski definition) is 7. The minimum Gasteiger partial charge on any atom is -0.386 e. The Morgan fingerprint density at radius 3 is 2.16 bits per heavy atom. The molecule has 277 valence electrons. The van der Waals surface area contributed by atoms with Crippen LogP contribution in [-0.4, -0.2) is 103 Å². The molecule has 1 aromatic rings. The second-order valence-electron chi connectivity index (χ2n) is 14.4. The van der Waals surface area contributed by atoms with E-state index in [-0.39, 0.29) is 53.8 Å². The number of rotatable bonds is 19. The molecule has 0 saturated carbocycles. The van der Waals surface area contributed by atoms with Crippen LogP contribution in [-0.2, 0) is 28.7 Å². The van der Waals surface area contributed by atoms with Crippen LogP contribution in [0.3, 0.4) is 0 Å². The maximum atomic E-state index is 14.1. The Bertz CT molecular complexity index is 1200. The Balaban J connectivity index is 2.22. The first kappa shape index (κ1) is 42.1. The van der Waals surface area contributed by atoms with E-state index in [1.807, 2.05) is 71.9 Å². The van der Waals surface area contributed by atoms with Gasteiger partial charge < -0.3 is 35.0 Å². The summed E-state index contributed by atoms with van der Waals surface area (Å²) in [5, 5.41) is 16.6. The van der Waals surface area contributed by atoms with Crippen molar-refractivity contribution in [3.05, 3.63) is 42.3 Å². The predicted molar refractivity (Wildman–Crippen MR) is 191 cm³/mol. The van der Waals surface area contributed by atoms with Crippen molar-refractivity contribution < 1.29 is 33.8 Å². The number of ether oxygens (including phenoxy) is 2. The lowest BCUT2D eigenvalue weighted by Crippen LogP contribution is -2.58. The number of aliphatic hydroxyl groups excluding tert-OH is 1. The zero-order valence-corrected chi connectivity index (χ0v) is 31.6. The molecule has 0 aromatic heterocycles. The fraction of sp³-hybridized carbons (Fsp3) is 0.711. The highest BCUT2D eigenvalue weighted by molar-refractivity contribution is 5.91. The van der Waals surface area contributed by atoms with Crippen LogP contribution in [0.4, 0.5) is 0 Å². The third-order valence-corrected chi connectivity index (χ3v) is 9.96. The molecule has 9 atom stereocenters. The van der Waals surface area contributed by atoms with Crippen LogP contribution in [0, 0.1) is 30.1 Å². The van der Waals surface area contributed by atoms with Gasteiger partial charge >= 0.3 is 0 Å². The standard InChI is InChI=1S/C38H63N4O7/c1-12-25(6)34(41(9)38(47)33(24(4)5)40-31(43)21-23(2)3)30(48-10)22-32(44)42-20-16-19-29(42)36(49-11)26(7)37(46)39-27(8)35(45)28-17-14-13-15-18-28/h13-15,17-18,21,23-27,29-30,33-36,45H,12,16,19-20,22H2,1-11H3,(H,39,46)(H,40,43)/t25-,26+,27+,29-,30+,33-,34-,35+,36+/m0/s1. The van der Waals surface area contributed by atoms with Gasteiger partial charge in [0.1, 0.15) is 6.04 Å². The first-order chi connectivity index (χ1) is 23.1. The van der Waals surface area contributed by atoms with Gasteiger partial charge in [-0.2, -0.15) is 0 Å². The van der Waals surface area contributed by atoms with Crippen molar-refractivity contribution in [1.29, 1.82) is 0 Å². The molecular formula is C38H63N4O7. The van der Waals surface area contributed by atoms with Gasteiger partial charge in [-0.15, -0.1) is 0 Å². The van der Waals surface area contributed by atoms with Crippen LogP contribution in [0.5, 0.6) is 0 Å². The van der Waals surface area contributed by atoms with Gasteiger partial charge in [-0.1, -0.05) is 85.2 Å². The highest BCUT2D eigenvalue weighted by atomic mass is 16.5. The van der Waals surface area contributed by atoms with Crippen LogP contribution >= 0.6 is 0 Å². The third kappa shape index (κ3) is 11.5. The van der Waals surface area contributed by atoms with E-state index in [0.717, 1.165) is 12.8 Å². The summed E-state index contributed by atoms with van der Waals surface area (Å²) in [6, 6.07) is 7.15. The highest BCUT2D eigenvalue weighted by Crippen LogP contribution is 2.30. The zero-order valence-electron chi connectivity index (χ0n) is 31.6. The number of amides is 4. The Morgan fingerprint density at radius 1 is 1.00 bits per heavy atom. The molecule has 1 saturated heterocycles. The number of nitrogens with zero attached hydrogens (tertiary/aromatic N) is 2. The molecule has 0 bridgehead atoms. The normalized spacial score (nSPS) is 19.8. The van der Waals surface area contributed by atoms with Gasteiger partial charge in [0.05, 0.1) is 55.2 Å². The van der Waals surface area contributed by atoms with Crippen molar-refractivity contribution in [1.82, 2.24) is 20.4 Å². The fourth-order valence-electron chi connectivity index (χ4n) is 6.92. The van der Waals surface area contributed by atoms with E-state index in [1.54, 1.807) is 51.3 Å². The Labute approximate surface area is 294 Å². The first-order valence-electron chi connectivity index (χ1n) is 17.9. The Morgan fingerprint density at radius 2 is 1.63 bits per heavy atom. The maximum absolute atomic E-state index is 14.1. The number of aliphatic hydroxyl groups is 1. The summed E-state index contributed by atoms with van der Waals surface area (Å²) in [6.07, 6.45) is 1.74. The van der Waals surface area contributed by atoms with Crippen LogP contribution in [0.1, 0.15) is 92.7 Å². The zero-order chi connectivity index (χ0) is 37.0. The molecule has 1 fully saturated rings. The van der Waals surface area contributed by atoms with Crippen molar-refractivity contribution in [3.8, 4) is 0 Å². The minimum atomic E-state index is -0.872. The minimum absolute atomic E-state index is 0.00418. The van der Waals surface area contributed by atoms with Crippen molar-refractivity contribution in [2.75, 3.05) is 27.8 Å². The third-order valence-electron chi connectivity index (χ3n) is 9.96. The van der Waals surface area contributed by atoms with E-state index in [9.17, 15) is 24.3 Å². The average Bonchev–Trinajstić information content (AvgIpc) is 3.55. The molecule has 2 rings (SSSR count). The highest BCUT2D eigenvalue weighted by Gasteiger charge is 2.43. The van der Waals surface area contributed by atoms with Gasteiger partial charge in [-0.05, 0) is 43.1 Å². The number of benzene rings is 1. The lowest BCUT2D eigenvalue weighted by atomic mass is 9.89. The summed E-state index contributed by atoms with van der Waals surface area (Å²) in [7, 11) is 4.83. The van der Waals surface area contributed by atoms with Crippen LogP contribution in [0.25, 0.3) is 0 Å². The van der Waals surface area contributed by atoms with Gasteiger partial charge in [0, 0.05) is 27.8 Å². The molecular weight excluding hydrogens is 624 g/mol. The summed E-state index contributed by atoms with van der Waals surface area (Å²) < 4.78 is 11.9. The average molecular weight is 688 g/mol. The predicted octanol–water partition coefficient (Wildman–Crippen LogP) is 4.15. The second kappa shape index (κ2) is 20.0. The summed E-state index contributed by atoms with van der Waals surface area (Å²) >= 11 is 0. The van der Waals surface area contributed by atoms with E-state index in [1.165, 1.54) is 0 Å². The maximum Gasteiger partial charge on any atom is 0.245 e. The number of carbonyl (C=O) groups excluding carboxylic acids is 4. The number of likely N-dealkylation sites (tertiary alicyclic amines) is 1. The van der Waals surface area contributed by atoms with Gasteiger partial charge in [0.15, 0.2) is 0 Å². The molecule has 4 amide bonds. The SMILES string of the molecule is CC[C@H](C)[C@@H]([C@@H](CC(=O)N1CCC[C@H]1[C@H](OC)[C@@H](C)C(=O)N[C@H](C)[C@@H](O)c1ccccc1)OC)N(C)C(=O)[C@@H](NC(=O)[CH]C(C)C)C(C)C. The number of nitrogens with one attached hydrogen (secondary N) is 2. The molecule has 1 heterocycles. The summed E-state index contributed by atoms with van der Waals surface area (Å²) in [5.41, 5.74) is 0.712. The molecule has 0 aliphatic carbocycles. The van der Waals surface area contributed by atoms with Crippen LogP contribution in [0.15, 0.2) is 30.3 Å². The molecule has 1 aliphatic rings. The number of hydrogen-bond donors (Lipinski definition) is 3. The quantitative estimate of drug-likeness (QED) is 0.199. The number of likely N-dealkylation sites (N-methyl/N-ethyl adjacent to an activating group) is 1. The monoisotopic (exact) mass is 687 g/mol. The van der Waals surface area contributed by atoms with E-state index in [0.29, 0.717) is 18.5 Å². The fourth-order valence-corrected chi connectivity index (χ4v) is 6.92. The van der Waals surface area contributed by atoms with E-state index < -0.39 is 42.4 Å². The lowest BCUT2D eigenvalue weighted by molar-refractivity contribution is -0.147. The van der Waals surface area contributed by atoms with Crippen molar-refractivity contribution in [2.45, 2.75) is 124 Å². The lowest BCUT2D eigenvalue weighted by Gasteiger charge is -2.41. The van der Waals surface area contributed by atoms with Crippen molar-refractivity contribution in [2.24, 2.45) is 23.7 Å². The van der Waals surface area contributed by atoms with Crippen molar-refractivity contribution >= 4 is 23.6 Å². The molecule has 0 unspecified atom stereocenters. The molecule has 1 radical (unpaired) electrons. The van der Waals surface area contributed by atoms with Gasteiger partial charge in [0.25, 0.3) is 0 Å². The summed E-state index contributed by atoms with van der Waals surface area (Å²) in [5.74, 6) is -1.63. The molecule has 11 nitrogen and oxygen atoms in total. The summed E-state index contributed by atoms with van der Waals surface area (Å²) in [6.45, 7) is 15.8. The molecule has 49 heavy (non-hydrogen) atoms. The second-order valence-corrected chi connectivity index (χ2v) is 14.4. The molecule has 1 aliphatic heterocycles. The number of carbonyl (C=O) groups is 4. The van der Waals surface area contributed by atoms with Crippen LogP contribution in [0.2, 0.25) is 0 Å². The van der Waals surface area contributed by atoms with Gasteiger partial charge in [-0.3, -0.25) is 19.2 Å². The van der Waals surface area contributed by atoms with Gasteiger partial charge in [0.2, 0.25) is 23.6 Å². The molecule has 0 spiro atoms. The van der Waals surface area contributed by atoms with E-state index >= 15 is 0 Å². The molecule has 1 aromatic carbocycles. The summed E-state index contributed by atoms with van der Waals surface area (Å²) in [4.78, 5) is 57.4. The largest absolute Gasteiger partial charge is 0.386 e. The smallest absolute Gasteiger partial charge is 0.245 e. The molecule has 11 heteroatoms. The Kier molecular flexibility index (Phi) is 17.2. The van der Waals surface area contributed by atoms with Gasteiger partial charge in [-0.25, -0.2) is 0 Å². The number of methoxy groups -OCH3 is 2. The van der Waals surface area contributed by atoms with E-state index in [4.69, 9.17) is 9.47 Å². The first-order valence-corrected chi connectivity index (χ1v) is 17.9. The molecule has 3 N–H and O–H groups in total. The van der Waals surface area contributed by atoms with Crippen LogP contribution < -0.4 is 10.6 Å². The van der Waals surface area contributed by atoms with Crippen molar-refractivity contribution in [3.63, 3.8) is 0 Å². The van der Waals surface area contributed by atoms with E-state index in [2.05, 4.69) is 10.6 Å². The topological polar surface area (TPSA) is 138 Å². The Hall–Kier alpha value is -3.02.